The van der Waals surface area contributed by atoms with E-state index in [2.05, 4.69) is 22.4 Å². The number of anilines is 2. The van der Waals surface area contributed by atoms with Crippen LogP contribution in [0.3, 0.4) is 0 Å². The molecule has 1 saturated heterocycles. The van der Waals surface area contributed by atoms with Crippen molar-refractivity contribution < 1.29 is 9.21 Å². The number of hydrogen-bond donors (Lipinski definition) is 2. The minimum Gasteiger partial charge on any atom is -0.459 e. The predicted octanol–water partition coefficient (Wildman–Crippen LogP) is 3.22. The molecule has 2 aromatic heterocycles. The summed E-state index contributed by atoms with van der Waals surface area (Å²) in [4.78, 5) is 42.8. The SMILES string of the molecule is Cc1ccoc1C(=O)N1CCCC(Cn2c(=O)cc(Nc3ccc4c(c3)CCC4)[nH]c2=O)C1. The van der Waals surface area contributed by atoms with Crippen LogP contribution in [0.15, 0.2) is 50.6 Å². The van der Waals surface area contributed by atoms with Crippen molar-refractivity contribution >= 4 is 17.4 Å². The van der Waals surface area contributed by atoms with Crippen molar-refractivity contribution in [3.8, 4) is 0 Å². The number of fused-ring (bicyclic) bond motifs is 1. The summed E-state index contributed by atoms with van der Waals surface area (Å²) >= 11 is 0. The predicted molar refractivity (Wildman–Crippen MR) is 125 cm³/mol. The maximum atomic E-state index is 12.8. The van der Waals surface area contributed by atoms with Crippen molar-refractivity contribution in [3.63, 3.8) is 0 Å². The van der Waals surface area contributed by atoms with Gasteiger partial charge in [-0.25, -0.2) is 4.79 Å². The molecule has 1 aromatic carbocycles. The maximum Gasteiger partial charge on any atom is 0.329 e. The Hall–Kier alpha value is -3.55. The second kappa shape index (κ2) is 8.77. The van der Waals surface area contributed by atoms with Crippen molar-refractivity contribution in [2.45, 2.75) is 45.6 Å². The molecule has 2 N–H and O–H groups in total. The van der Waals surface area contributed by atoms with Gasteiger partial charge in [-0.3, -0.25) is 19.1 Å². The highest BCUT2D eigenvalue weighted by atomic mass is 16.3. The maximum absolute atomic E-state index is 12.8. The molecule has 2 aliphatic rings. The number of likely N-dealkylation sites (tertiary alicyclic amines) is 1. The van der Waals surface area contributed by atoms with E-state index in [4.69, 9.17) is 4.42 Å². The molecule has 1 unspecified atom stereocenters. The summed E-state index contributed by atoms with van der Waals surface area (Å²) in [5.41, 5.74) is 3.55. The molecule has 8 nitrogen and oxygen atoms in total. The van der Waals surface area contributed by atoms with Crippen LogP contribution < -0.4 is 16.6 Å². The summed E-state index contributed by atoms with van der Waals surface area (Å²) in [6.07, 6.45) is 6.51. The smallest absolute Gasteiger partial charge is 0.329 e. The summed E-state index contributed by atoms with van der Waals surface area (Å²) in [6.45, 7) is 3.24. The Morgan fingerprint density at radius 1 is 1.15 bits per heavy atom. The standard InChI is InChI=1S/C25H28N4O4/c1-16-9-11-33-23(16)24(31)28-10-3-4-17(14-28)15-29-22(30)13-21(27-25(29)32)26-20-8-7-18-5-2-6-19(18)12-20/h7-9,11-13,17,26H,2-6,10,14-15H2,1H3,(H,27,32). The van der Waals surface area contributed by atoms with E-state index in [0.29, 0.717) is 24.7 Å². The fraction of sp³-hybridized carbons (Fsp3) is 0.400. The fourth-order valence-electron chi connectivity index (χ4n) is 4.96. The van der Waals surface area contributed by atoms with Crippen LogP contribution in [0.1, 0.15) is 46.5 Å². The van der Waals surface area contributed by atoms with Crippen LogP contribution in [0.4, 0.5) is 11.5 Å². The first kappa shape index (κ1) is 21.3. The number of furan rings is 1. The first-order chi connectivity index (χ1) is 16.0. The van der Waals surface area contributed by atoms with Gasteiger partial charge in [-0.1, -0.05) is 6.07 Å². The Bertz CT molecular complexity index is 1270. The van der Waals surface area contributed by atoms with Gasteiger partial charge in [0.25, 0.3) is 11.5 Å². The summed E-state index contributed by atoms with van der Waals surface area (Å²) in [6, 6.07) is 9.35. The zero-order chi connectivity index (χ0) is 22.9. The van der Waals surface area contributed by atoms with E-state index in [0.717, 1.165) is 43.4 Å². The number of carbonyl (C=O) groups excluding carboxylic acids is 1. The third-order valence-corrected chi connectivity index (χ3v) is 6.70. The van der Waals surface area contributed by atoms with Crippen LogP contribution in [-0.4, -0.2) is 33.4 Å². The molecule has 172 valence electrons. The molecular weight excluding hydrogens is 420 g/mol. The Morgan fingerprint density at radius 3 is 2.79 bits per heavy atom. The van der Waals surface area contributed by atoms with Crippen LogP contribution >= 0.6 is 0 Å². The molecule has 1 aliphatic heterocycles. The number of aromatic amines is 1. The average molecular weight is 449 g/mol. The second-order valence-corrected chi connectivity index (χ2v) is 9.09. The normalized spacial score (nSPS) is 17.7. The number of aryl methyl sites for hydroxylation is 3. The molecule has 1 aliphatic carbocycles. The molecular formula is C25H28N4O4. The fourth-order valence-corrected chi connectivity index (χ4v) is 4.96. The number of benzene rings is 1. The third kappa shape index (κ3) is 4.37. The van der Waals surface area contributed by atoms with E-state index in [9.17, 15) is 14.4 Å². The van der Waals surface area contributed by atoms with Crippen LogP contribution in [0.5, 0.6) is 0 Å². The molecule has 1 atom stereocenters. The summed E-state index contributed by atoms with van der Waals surface area (Å²) in [5.74, 6) is 0.616. The van der Waals surface area contributed by atoms with Crippen molar-refractivity contribution in [2.75, 3.05) is 18.4 Å². The zero-order valence-electron chi connectivity index (χ0n) is 18.7. The van der Waals surface area contributed by atoms with Crippen LogP contribution in [0.2, 0.25) is 0 Å². The molecule has 0 saturated carbocycles. The highest BCUT2D eigenvalue weighted by Crippen LogP contribution is 2.26. The number of aromatic nitrogens is 2. The third-order valence-electron chi connectivity index (χ3n) is 6.70. The van der Waals surface area contributed by atoms with Crippen molar-refractivity contribution in [1.82, 2.24) is 14.5 Å². The molecule has 1 fully saturated rings. The molecule has 0 spiro atoms. The lowest BCUT2D eigenvalue weighted by Crippen LogP contribution is -2.44. The van der Waals surface area contributed by atoms with Gasteiger partial charge in [0, 0.05) is 37.0 Å². The highest BCUT2D eigenvalue weighted by molar-refractivity contribution is 5.92. The Balaban J connectivity index is 1.29. The molecule has 0 radical (unpaired) electrons. The molecule has 1 amide bonds. The first-order valence-electron chi connectivity index (χ1n) is 11.5. The van der Waals surface area contributed by atoms with Gasteiger partial charge >= 0.3 is 5.69 Å². The van der Waals surface area contributed by atoms with Gasteiger partial charge in [0.05, 0.1) is 6.26 Å². The van der Waals surface area contributed by atoms with Crippen molar-refractivity contribution in [3.05, 3.63) is 79.9 Å². The number of hydrogen-bond acceptors (Lipinski definition) is 5. The lowest BCUT2D eigenvalue weighted by molar-refractivity contribution is 0.0628. The summed E-state index contributed by atoms with van der Waals surface area (Å²) < 4.78 is 6.58. The van der Waals surface area contributed by atoms with Crippen molar-refractivity contribution in [1.29, 1.82) is 0 Å². The minimum atomic E-state index is -0.448. The number of rotatable bonds is 5. The quantitative estimate of drug-likeness (QED) is 0.624. The van der Waals surface area contributed by atoms with Gasteiger partial charge < -0.3 is 14.6 Å². The second-order valence-electron chi connectivity index (χ2n) is 9.09. The minimum absolute atomic E-state index is 0.0206. The first-order valence-corrected chi connectivity index (χ1v) is 11.5. The summed E-state index contributed by atoms with van der Waals surface area (Å²) in [5, 5.41) is 3.16. The summed E-state index contributed by atoms with van der Waals surface area (Å²) in [7, 11) is 0. The highest BCUT2D eigenvalue weighted by Gasteiger charge is 2.27. The lowest BCUT2D eigenvalue weighted by atomic mass is 9.97. The van der Waals surface area contributed by atoms with E-state index < -0.39 is 5.69 Å². The van der Waals surface area contributed by atoms with Crippen LogP contribution in [-0.2, 0) is 19.4 Å². The van der Waals surface area contributed by atoms with E-state index in [1.807, 2.05) is 13.0 Å². The number of H-pyrrole nitrogens is 1. The lowest BCUT2D eigenvalue weighted by Gasteiger charge is -2.32. The molecule has 8 heteroatoms. The van der Waals surface area contributed by atoms with Gasteiger partial charge in [0.1, 0.15) is 5.82 Å². The molecule has 3 aromatic rings. The van der Waals surface area contributed by atoms with Gasteiger partial charge in [0.2, 0.25) is 0 Å². The molecule has 33 heavy (non-hydrogen) atoms. The van der Waals surface area contributed by atoms with Crippen LogP contribution in [0.25, 0.3) is 0 Å². The van der Waals surface area contributed by atoms with E-state index >= 15 is 0 Å². The number of carbonyl (C=O) groups is 1. The Kier molecular flexibility index (Phi) is 5.66. The number of nitrogens with zero attached hydrogens (tertiary/aromatic N) is 2. The monoisotopic (exact) mass is 448 g/mol. The van der Waals surface area contributed by atoms with E-state index in [1.165, 1.54) is 28.0 Å². The molecule has 0 bridgehead atoms. The molecule has 3 heterocycles. The van der Waals surface area contributed by atoms with E-state index in [1.54, 1.807) is 11.0 Å². The Morgan fingerprint density at radius 2 is 2.00 bits per heavy atom. The van der Waals surface area contributed by atoms with Gasteiger partial charge in [-0.15, -0.1) is 0 Å². The average Bonchev–Trinajstić information content (AvgIpc) is 3.44. The van der Waals surface area contributed by atoms with Crippen molar-refractivity contribution in [2.24, 2.45) is 5.92 Å². The zero-order valence-corrected chi connectivity index (χ0v) is 18.7. The number of nitrogens with one attached hydrogen (secondary N) is 2. The van der Waals surface area contributed by atoms with Gasteiger partial charge in [0.15, 0.2) is 5.76 Å². The molecule has 5 rings (SSSR count). The Labute approximate surface area is 191 Å². The number of amides is 1. The van der Waals surface area contributed by atoms with Gasteiger partial charge in [-0.05, 0) is 74.3 Å². The topological polar surface area (TPSA) is 100 Å². The number of piperidine rings is 1. The van der Waals surface area contributed by atoms with E-state index in [-0.39, 0.29) is 23.9 Å². The van der Waals surface area contributed by atoms with Crippen LogP contribution in [0, 0.1) is 12.8 Å². The largest absolute Gasteiger partial charge is 0.459 e. The van der Waals surface area contributed by atoms with Gasteiger partial charge in [-0.2, -0.15) is 0 Å².